The minimum Gasteiger partial charge on any atom is -0.497 e. The molecular formula is C26H23ClN4O3. The topological polar surface area (TPSA) is 77.4 Å². The van der Waals surface area contributed by atoms with Crippen LogP contribution in [0, 0.1) is 0 Å². The molecule has 1 aromatic heterocycles. The first kappa shape index (κ1) is 21.9. The van der Waals surface area contributed by atoms with Gasteiger partial charge in [0, 0.05) is 16.8 Å². The molecule has 4 aromatic rings. The fourth-order valence-electron chi connectivity index (χ4n) is 4.31. The normalized spacial score (nSPS) is 15.0. The number of amides is 1. The number of hydrogen-bond acceptors (Lipinski definition) is 5. The number of methoxy groups -OCH3 is 2. The summed E-state index contributed by atoms with van der Waals surface area (Å²) in [5, 5.41) is 6.96. The van der Waals surface area contributed by atoms with Gasteiger partial charge in [-0.1, -0.05) is 35.9 Å². The lowest BCUT2D eigenvalue weighted by Gasteiger charge is -2.31. The first-order valence-electron chi connectivity index (χ1n) is 10.7. The highest BCUT2D eigenvalue weighted by molar-refractivity contribution is 6.30. The Bertz CT molecular complexity index is 1430. The number of rotatable bonds is 5. The van der Waals surface area contributed by atoms with Gasteiger partial charge in [0.15, 0.2) is 0 Å². The van der Waals surface area contributed by atoms with Crippen molar-refractivity contribution in [1.82, 2.24) is 9.55 Å². The molecule has 8 heteroatoms. The van der Waals surface area contributed by atoms with Gasteiger partial charge in [0.05, 0.1) is 42.6 Å². The van der Waals surface area contributed by atoms with E-state index in [1.165, 1.54) is 0 Å². The van der Waals surface area contributed by atoms with Crippen LogP contribution in [-0.4, -0.2) is 29.7 Å². The molecule has 0 bridgehead atoms. The zero-order valence-electron chi connectivity index (χ0n) is 18.9. The number of carbonyl (C=O) groups is 1. The third-order valence-corrected chi connectivity index (χ3v) is 6.17. The van der Waals surface area contributed by atoms with Gasteiger partial charge < -0.3 is 20.1 Å². The second-order valence-corrected chi connectivity index (χ2v) is 8.37. The van der Waals surface area contributed by atoms with Crippen LogP contribution in [0.4, 0.5) is 11.6 Å². The van der Waals surface area contributed by atoms with Crippen molar-refractivity contribution in [3.05, 3.63) is 88.6 Å². The predicted octanol–water partition coefficient (Wildman–Crippen LogP) is 5.63. The number of fused-ring (bicyclic) bond motifs is 3. The molecule has 2 N–H and O–H groups in total. The van der Waals surface area contributed by atoms with Crippen molar-refractivity contribution in [2.75, 3.05) is 24.9 Å². The van der Waals surface area contributed by atoms with Crippen LogP contribution in [0.25, 0.3) is 11.0 Å². The van der Waals surface area contributed by atoms with Gasteiger partial charge in [-0.05, 0) is 48.9 Å². The maximum atomic E-state index is 13.8. The highest BCUT2D eigenvalue weighted by Gasteiger charge is 2.34. The Morgan fingerprint density at radius 2 is 1.82 bits per heavy atom. The number of nitrogens with zero attached hydrogens (tertiary/aromatic N) is 2. The number of benzene rings is 3. The Morgan fingerprint density at radius 1 is 1.06 bits per heavy atom. The third-order valence-electron chi connectivity index (χ3n) is 5.92. The van der Waals surface area contributed by atoms with Crippen LogP contribution < -0.4 is 20.1 Å². The molecule has 1 atom stereocenters. The number of carbonyl (C=O) groups excluding carboxylic acids is 1. The van der Waals surface area contributed by atoms with E-state index in [1.807, 2.05) is 60.0 Å². The van der Waals surface area contributed by atoms with Gasteiger partial charge in [0.1, 0.15) is 11.5 Å². The van der Waals surface area contributed by atoms with E-state index in [0.29, 0.717) is 39.4 Å². The number of nitrogens with one attached hydrogen (secondary N) is 2. The summed E-state index contributed by atoms with van der Waals surface area (Å²) in [6, 6.07) is 20.2. The summed E-state index contributed by atoms with van der Waals surface area (Å²) in [7, 11) is 3.14. The van der Waals surface area contributed by atoms with Crippen LogP contribution in [0.15, 0.2) is 78.0 Å². The zero-order valence-corrected chi connectivity index (χ0v) is 19.7. The first-order valence-corrected chi connectivity index (χ1v) is 11.1. The molecule has 0 saturated carbocycles. The smallest absolute Gasteiger partial charge is 0.255 e. The van der Waals surface area contributed by atoms with Gasteiger partial charge in [0.2, 0.25) is 5.95 Å². The van der Waals surface area contributed by atoms with E-state index >= 15 is 0 Å². The summed E-state index contributed by atoms with van der Waals surface area (Å²) in [6.07, 6.45) is 0. The van der Waals surface area contributed by atoms with Gasteiger partial charge in [-0.25, -0.2) is 4.98 Å². The molecule has 1 aliphatic rings. The summed E-state index contributed by atoms with van der Waals surface area (Å²) in [5.41, 5.74) is 4.51. The average Bonchev–Trinajstić information content (AvgIpc) is 3.21. The summed E-state index contributed by atoms with van der Waals surface area (Å²) in [4.78, 5) is 18.5. The van der Waals surface area contributed by atoms with Crippen LogP contribution in [0.2, 0.25) is 5.02 Å². The van der Waals surface area contributed by atoms with Crippen LogP contribution in [0.1, 0.15) is 18.5 Å². The lowest BCUT2D eigenvalue weighted by Crippen LogP contribution is -2.31. The van der Waals surface area contributed by atoms with Crippen LogP contribution in [0.5, 0.6) is 11.5 Å². The van der Waals surface area contributed by atoms with E-state index in [9.17, 15) is 4.79 Å². The van der Waals surface area contributed by atoms with Crippen LogP contribution in [0.3, 0.4) is 0 Å². The fraction of sp³-hybridized carbons (Fsp3) is 0.154. The predicted molar refractivity (Wildman–Crippen MR) is 134 cm³/mol. The van der Waals surface area contributed by atoms with E-state index in [1.54, 1.807) is 32.4 Å². The number of allylic oxidation sites excluding steroid dienone is 1. The molecular weight excluding hydrogens is 452 g/mol. The highest BCUT2D eigenvalue weighted by atomic mass is 35.5. The van der Waals surface area contributed by atoms with Crippen LogP contribution in [-0.2, 0) is 4.79 Å². The van der Waals surface area contributed by atoms with Gasteiger partial charge in [-0.3, -0.25) is 9.36 Å². The second-order valence-electron chi connectivity index (χ2n) is 7.93. The lowest BCUT2D eigenvalue weighted by molar-refractivity contribution is -0.113. The molecule has 0 fully saturated rings. The number of hydrogen-bond donors (Lipinski definition) is 2. The molecule has 0 saturated heterocycles. The largest absolute Gasteiger partial charge is 0.497 e. The van der Waals surface area contributed by atoms with Crippen molar-refractivity contribution in [2.45, 2.75) is 13.0 Å². The van der Waals surface area contributed by atoms with Gasteiger partial charge in [-0.2, -0.15) is 0 Å². The molecule has 1 aliphatic heterocycles. The minimum atomic E-state index is -0.412. The zero-order chi connectivity index (χ0) is 23.8. The molecule has 172 valence electrons. The first-order chi connectivity index (χ1) is 16.5. The Labute approximate surface area is 202 Å². The molecule has 0 radical (unpaired) electrons. The fourth-order valence-corrected chi connectivity index (χ4v) is 4.44. The number of imidazole rings is 1. The molecule has 3 aromatic carbocycles. The minimum absolute atomic E-state index is 0.253. The summed E-state index contributed by atoms with van der Waals surface area (Å²) in [6.45, 7) is 1.88. The number of halogens is 1. The SMILES string of the molecule is COc1ccc(NC(=O)C2=C(C)Nc3nc4ccccc4n3C2c2ccc(Cl)cc2)c(OC)c1. The molecule has 2 heterocycles. The van der Waals surface area contributed by atoms with Crippen LogP contribution >= 0.6 is 11.6 Å². The summed E-state index contributed by atoms with van der Waals surface area (Å²) >= 11 is 6.17. The maximum absolute atomic E-state index is 13.8. The number of para-hydroxylation sites is 2. The average molecular weight is 475 g/mol. The van der Waals surface area contributed by atoms with Gasteiger partial charge >= 0.3 is 0 Å². The molecule has 7 nitrogen and oxygen atoms in total. The van der Waals surface area contributed by atoms with Crippen molar-refractivity contribution in [1.29, 1.82) is 0 Å². The van der Waals surface area contributed by atoms with E-state index in [-0.39, 0.29) is 5.91 Å². The lowest BCUT2D eigenvalue weighted by atomic mass is 9.94. The van der Waals surface area contributed by atoms with E-state index < -0.39 is 6.04 Å². The molecule has 5 rings (SSSR count). The second kappa shape index (κ2) is 8.76. The summed E-state index contributed by atoms with van der Waals surface area (Å²) in [5.74, 6) is 1.57. The van der Waals surface area contributed by atoms with E-state index in [0.717, 1.165) is 16.6 Å². The van der Waals surface area contributed by atoms with Crippen molar-refractivity contribution in [3.63, 3.8) is 0 Å². The van der Waals surface area contributed by atoms with Gasteiger partial charge in [0.25, 0.3) is 5.91 Å². The van der Waals surface area contributed by atoms with Crippen molar-refractivity contribution >= 4 is 40.2 Å². The van der Waals surface area contributed by atoms with E-state index in [2.05, 4.69) is 10.6 Å². The molecule has 1 unspecified atom stereocenters. The van der Waals surface area contributed by atoms with Crippen molar-refractivity contribution < 1.29 is 14.3 Å². The Hall–Kier alpha value is -3.97. The summed E-state index contributed by atoms with van der Waals surface area (Å²) < 4.78 is 12.8. The van der Waals surface area contributed by atoms with E-state index in [4.69, 9.17) is 26.1 Å². The standard InChI is InChI=1S/C26H23ClN4O3/c1-15-23(25(32)29-20-13-12-18(33-2)14-22(20)34-3)24(16-8-10-17(27)11-9-16)31-21-7-5-4-6-19(21)30-26(31)28-15/h4-14,24H,1-3H3,(H,28,30)(H,29,32). The third kappa shape index (κ3) is 3.74. The van der Waals surface area contributed by atoms with Gasteiger partial charge in [-0.15, -0.1) is 0 Å². The highest BCUT2D eigenvalue weighted by Crippen LogP contribution is 2.40. The maximum Gasteiger partial charge on any atom is 0.255 e. The van der Waals surface area contributed by atoms with Crippen molar-refractivity contribution in [2.24, 2.45) is 0 Å². The molecule has 0 aliphatic carbocycles. The molecule has 0 spiro atoms. The molecule has 1 amide bonds. The molecule has 34 heavy (non-hydrogen) atoms. The van der Waals surface area contributed by atoms with Crippen molar-refractivity contribution in [3.8, 4) is 11.5 Å². The Morgan fingerprint density at radius 3 is 2.56 bits per heavy atom. The monoisotopic (exact) mass is 474 g/mol. The number of anilines is 2. The quantitative estimate of drug-likeness (QED) is 0.391. The number of ether oxygens (including phenoxy) is 2. The number of aromatic nitrogens is 2. The Kier molecular flexibility index (Phi) is 5.63. The Balaban J connectivity index is 1.63.